The van der Waals surface area contributed by atoms with Crippen molar-refractivity contribution in [2.45, 2.75) is 6.36 Å². The smallest absolute Gasteiger partial charge is 0.406 e. The van der Waals surface area contributed by atoms with Crippen LogP contribution in [0.25, 0.3) is 0 Å². The highest BCUT2D eigenvalue weighted by atomic mass is 79.9. The summed E-state index contributed by atoms with van der Waals surface area (Å²) in [5.41, 5.74) is 0.114. The zero-order chi connectivity index (χ0) is 13.2. The lowest BCUT2D eigenvalue weighted by molar-refractivity contribution is -0.274. The number of nitrogens with zero attached hydrogens (tertiary/aromatic N) is 1. The molecular formula is C10H9BrF3NO2. The van der Waals surface area contributed by atoms with Crippen molar-refractivity contribution in [2.75, 3.05) is 14.1 Å². The Bertz CT molecular complexity index is 432. The highest BCUT2D eigenvalue weighted by Crippen LogP contribution is 2.27. The molecule has 0 heterocycles. The molecule has 0 unspecified atom stereocenters. The van der Waals surface area contributed by atoms with Gasteiger partial charge in [-0.1, -0.05) is 15.9 Å². The maximum Gasteiger partial charge on any atom is 0.573 e. The van der Waals surface area contributed by atoms with E-state index in [1.807, 2.05) is 0 Å². The molecule has 0 aromatic heterocycles. The van der Waals surface area contributed by atoms with Crippen molar-refractivity contribution in [3.63, 3.8) is 0 Å². The monoisotopic (exact) mass is 311 g/mol. The van der Waals surface area contributed by atoms with Gasteiger partial charge in [-0.05, 0) is 18.2 Å². The molecule has 0 radical (unpaired) electrons. The Morgan fingerprint density at radius 1 is 1.29 bits per heavy atom. The molecule has 94 valence electrons. The number of alkyl halides is 3. The summed E-state index contributed by atoms with van der Waals surface area (Å²) in [6.07, 6.45) is -4.78. The van der Waals surface area contributed by atoms with Crippen molar-refractivity contribution < 1.29 is 22.7 Å². The lowest BCUT2D eigenvalue weighted by atomic mass is 10.2. The number of amides is 1. The average molecular weight is 312 g/mol. The molecular weight excluding hydrogens is 303 g/mol. The van der Waals surface area contributed by atoms with Crippen molar-refractivity contribution >= 4 is 21.8 Å². The zero-order valence-corrected chi connectivity index (χ0v) is 10.6. The van der Waals surface area contributed by atoms with Gasteiger partial charge in [0, 0.05) is 24.1 Å². The summed E-state index contributed by atoms with van der Waals surface area (Å²) in [5.74, 6) is -0.838. The van der Waals surface area contributed by atoms with Gasteiger partial charge < -0.3 is 9.64 Å². The minimum atomic E-state index is -4.78. The molecule has 0 spiro atoms. The Kier molecular flexibility index (Phi) is 4.03. The van der Waals surface area contributed by atoms with E-state index in [1.165, 1.54) is 25.1 Å². The fourth-order valence-corrected chi connectivity index (χ4v) is 1.61. The molecule has 0 aliphatic heterocycles. The normalized spacial score (nSPS) is 11.2. The van der Waals surface area contributed by atoms with Gasteiger partial charge in [0.05, 0.1) is 0 Å². The first-order chi connectivity index (χ1) is 7.69. The topological polar surface area (TPSA) is 29.5 Å². The van der Waals surface area contributed by atoms with Crippen LogP contribution >= 0.6 is 15.9 Å². The van der Waals surface area contributed by atoms with Crippen molar-refractivity contribution in [1.82, 2.24) is 4.90 Å². The molecule has 0 N–H and O–H groups in total. The van der Waals surface area contributed by atoms with Gasteiger partial charge in [-0.15, -0.1) is 13.2 Å². The van der Waals surface area contributed by atoms with Crippen LogP contribution in [0, 0.1) is 0 Å². The first-order valence-corrected chi connectivity index (χ1v) is 5.26. The van der Waals surface area contributed by atoms with Crippen molar-refractivity contribution in [1.29, 1.82) is 0 Å². The quantitative estimate of drug-likeness (QED) is 0.840. The maximum absolute atomic E-state index is 12.0. The molecule has 17 heavy (non-hydrogen) atoms. The molecule has 0 aliphatic carbocycles. The second kappa shape index (κ2) is 4.95. The molecule has 0 fully saturated rings. The lowest BCUT2D eigenvalue weighted by Gasteiger charge is -2.13. The van der Waals surface area contributed by atoms with Gasteiger partial charge in [-0.25, -0.2) is 0 Å². The minimum absolute atomic E-state index is 0.114. The predicted octanol–water partition coefficient (Wildman–Crippen LogP) is 3.05. The molecule has 0 aliphatic rings. The van der Waals surface area contributed by atoms with E-state index < -0.39 is 18.0 Å². The van der Waals surface area contributed by atoms with Crippen LogP contribution in [0.2, 0.25) is 0 Å². The Balaban J connectivity index is 3.07. The molecule has 0 bridgehead atoms. The Morgan fingerprint density at radius 3 is 2.35 bits per heavy atom. The number of rotatable bonds is 2. The van der Waals surface area contributed by atoms with E-state index >= 15 is 0 Å². The lowest BCUT2D eigenvalue weighted by Crippen LogP contribution is -2.22. The molecule has 0 saturated heterocycles. The third kappa shape index (κ3) is 4.26. The highest BCUT2D eigenvalue weighted by Gasteiger charge is 2.31. The number of halogens is 4. The van der Waals surface area contributed by atoms with Gasteiger partial charge in [0.25, 0.3) is 5.91 Å². The fourth-order valence-electron chi connectivity index (χ4n) is 1.14. The van der Waals surface area contributed by atoms with Crippen LogP contribution in [0.3, 0.4) is 0 Å². The zero-order valence-electron chi connectivity index (χ0n) is 9.01. The summed E-state index contributed by atoms with van der Waals surface area (Å²) in [4.78, 5) is 12.8. The Labute approximate surface area is 104 Å². The van der Waals surface area contributed by atoms with Crippen LogP contribution < -0.4 is 4.74 Å². The molecule has 0 atom stereocenters. The van der Waals surface area contributed by atoms with E-state index in [0.29, 0.717) is 4.47 Å². The van der Waals surface area contributed by atoms with E-state index in [2.05, 4.69) is 20.7 Å². The van der Waals surface area contributed by atoms with E-state index in [1.54, 1.807) is 0 Å². The third-order valence-electron chi connectivity index (χ3n) is 1.76. The van der Waals surface area contributed by atoms with Crippen LogP contribution in [0.5, 0.6) is 5.75 Å². The van der Waals surface area contributed by atoms with E-state index in [-0.39, 0.29) is 5.56 Å². The van der Waals surface area contributed by atoms with Crippen LogP contribution in [-0.4, -0.2) is 31.3 Å². The largest absolute Gasteiger partial charge is 0.573 e. The molecule has 1 amide bonds. The number of hydrogen-bond donors (Lipinski definition) is 0. The first-order valence-electron chi connectivity index (χ1n) is 4.47. The predicted molar refractivity (Wildman–Crippen MR) is 58.8 cm³/mol. The number of benzene rings is 1. The maximum atomic E-state index is 12.0. The van der Waals surface area contributed by atoms with Crippen LogP contribution in [-0.2, 0) is 0 Å². The summed E-state index contributed by atoms with van der Waals surface area (Å²) < 4.78 is 40.2. The summed E-state index contributed by atoms with van der Waals surface area (Å²) in [6.45, 7) is 0. The fraction of sp³-hybridized carbons (Fsp3) is 0.300. The van der Waals surface area contributed by atoms with E-state index in [9.17, 15) is 18.0 Å². The second-order valence-electron chi connectivity index (χ2n) is 3.42. The molecule has 7 heteroatoms. The van der Waals surface area contributed by atoms with Crippen molar-refractivity contribution in [2.24, 2.45) is 0 Å². The van der Waals surface area contributed by atoms with Gasteiger partial charge in [0.2, 0.25) is 0 Å². The van der Waals surface area contributed by atoms with Crippen LogP contribution in [0.1, 0.15) is 10.4 Å². The van der Waals surface area contributed by atoms with Gasteiger partial charge >= 0.3 is 6.36 Å². The number of carbonyl (C=O) groups is 1. The minimum Gasteiger partial charge on any atom is -0.406 e. The molecule has 1 aromatic rings. The van der Waals surface area contributed by atoms with Gasteiger partial charge in [-0.3, -0.25) is 4.79 Å². The van der Waals surface area contributed by atoms with Crippen LogP contribution in [0.15, 0.2) is 22.7 Å². The molecule has 1 aromatic carbocycles. The third-order valence-corrected chi connectivity index (χ3v) is 2.22. The molecule has 3 nitrogen and oxygen atoms in total. The second-order valence-corrected chi connectivity index (χ2v) is 4.34. The van der Waals surface area contributed by atoms with Gasteiger partial charge in [-0.2, -0.15) is 0 Å². The van der Waals surface area contributed by atoms with Crippen molar-refractivity contribution in [3.05, 3.63) is 28.2 Å². The SMILES string of the molecule is CN(C)C(=O)c1cc(Br)cc(OC(F)(F)F)c1. The number of carbonyl (C=O) groups excluding carboxylic acids is 1. The van der Waals surface area contributed by atoms with E-state index in [4.69, 9.17) is 0 Å². The van der Waals surface area contributed by atoms with E-state index in [0.717, 1.165) is 12.1 Å². The summed E-state index contributed by atoms with van der Waals surface area (Å²) in [7, 11) is 3.01. The van der Waals surface area contributed by atoms with Crippen LogP contribution in [0.4, 0.5) is 13.2 Å². The van der Waals surface area contributed by atoms with Gasteiger partial charge in [0.1, 0.15) is 5.75 Å². The summed E-state index contributed by atoms with van der Waals surface area (Å²) >= 11 is 3.02. The first kappa shape index (κ1) is 13.8. The Morgan fingerprint density at radius 2 is 1.88 bits per heavy atom. The molecule has 1 rings (SSSR count). The van der Waals surface area contributed by atoms with Gasteiger partial charge in [0.15, 0.2) is 0 Å². The standard InChI is InChI=1S/C10H9BrF3NO2/c1-15(2)9(16)6-3-7(11)5-8(4-6)17-10(12,13)14/h3-5H,1-2H3. The summed E-state index contributed by atoms with van der Waals surface area (Å²) in [6, 6.07) is 3.60. The van der Waals surface area contributed by atoms with Crippen molar-refractivity contribution in [3.8, 4) is 5.75 Å². The summed E-state index contributed by atoms with van der Waals surface area (Å²) in [5, 5.41) is 0. The molecule has 0 saturated carbocycles. The average Bonchev–Trinajstić information content (AvgIpc) is 2.12. The Hall–Kier alpha value is -1.24. The highest BCUT2D eigenvalue weighted by molar-refractivity contribution is 9.10. The number of ether oxygens (including phenoxy) is 1. The number of hydrogen-bond acceptors (Lipinski definition) is 2.